The number of thiophene rings is 1. The number of hydrogen-bond acceptors (Lipinski definition) is 0. The Bertz CT molecular complexity index is 164. The van der Waals surface area contributed by atoms with E-state index in [-0.39, 0.29) is 0 Å². The van der Waals surface area contributed by atoms with Crippen LogP contribution in [0.2, 0.25) is 0 Å². The molecule has 0 aliphatic rings. The lowest BCUT2D eigenvalue weighted by molar-refractivity contribution is 1.57. The maximum Gasteiger partial charge on any atom is 0.181 e. The van der Waals surface area contributed by atoms with Crippen molar-refractivity contribution >= 4 is 42.3 Å². The molecule has 3 heteroatoms. The van der Waals surface area contributed by atoms with Crippen LogP contribution in [0.1, 0.15) is 4.88 Å². The summed E-state index contributed by atoms with van der Waals surface area (Å²) in [5.74, 6) is 0. The summed E-state index contributed by atoms with van der Waals surface area (Å²) in [6.45, 7) is 0. The van der Waals surface area contributed by atoms with Crippen molar-refractivity contribution in [3.8, 4) is 0 Å². The molecule has 1 unspecified atom stereocenters. The van der Waals surface area contributed by atoms with Crippen LogP contribution in [0.5, 0.6) is 0 Å². The van der Waals surface area contributed by atoms with E-state index >= 15 is 0 Å². The minimum atomic E-state index is 0.378. The van der Waals surface area contributed by atoms with Gasteiger partial charge >= 0.3 is 0 Å². The monoisotopic (exact) mass is 269 g/mol. The van der Waals surface area contributed by atoms with Gasteiger partial charge in [-0.3, -0.25) is 0 Å². The second kappa shape index (κ2) is 3.74. The van der Waals surface area contributed by atoms with Gasteiger partial charge in [0.05, 0.1) is 5.33 Å². The van der Waals surface area contributed by atoms with Gasteiger partial charge in [0, 0.05) is 0 Å². The van der Waals surface area contributed by atoms with Crippen molar-refractivity contribution < 1.29 is 0 Å². The molecule has 1 aromatic heterocycles. The van der Waals surface area contributed by atoms with E-state index in [2.05, 4.69) is 49.4 Å². The van der Waals surface area contributed by atoms with E-state index in [4.69, 9.17) is 0 Å². The number of rotatable bonds is 2. The van der Waals surface area contributed by atoms with Crippen LogP contribution in [-0.4, -0.2) is 0 Å². The average molecular weight is 271 g/mol. The Balaban J connectivity index is 2.85. The highest BCUT2D eigenvalue weighted by atomic mass is 79.9. The highest BCUT2D eigenvalue weighted by Gasteiger charge is 2.07. The van der Waals surface area contributed by atoms with Gasteiger partial charge in [-0.25, -0.2) is 0 Å². The largest absolute Gasteiger partial charge is 0.181 e. The van der Waals surface area contributed by atoms with Gasteiger partial charge in [-0.1, -0.05) is 15.9 Å². The predicted molar refractivity (Wildman–Crippen MR) is 50.5 cm³/mol. The molecule has 0 saturated carbocycles. The van der Waals surface area contributed by atoms with Crippen molar-refractivity contribution in [1.29, 1.82) is 0 Å². The molecule has 0 aliphatic heterocycles. The molecule has 0 spiro atoms. The van der Waals surface area contributed by atoms with Crippen molar-refractivity contribution in [3.63, 3.8) is 0 Å². The summed E-state index contributed by atoms with van der Waals surface area (Å²) in [7, 11) is 0.378. The smallest absolute Gasteiger partial charge is 0.0823 e. The topological polar surface area (TPSA) is 0 Å². The lowest BCUT2D eigenvalue weighted by Gasteiger charge is -1.82. The summed E-state index contributed by atoms with van der Waals surface area (Å²) >= 11 is 6.89. The Morgan fingerprint density at radius 1 is 1.44 bits per heavy atom. The Kier molecular flexibility index (Phi) is 3.22. The summed E-state index contributed by atoms with van der Waals surface area (Å²) in [4.78, 5) is 1.49. The molecule has 0 aliphatic carbocycles. The van der Waals surface area contributed by atoms with E-state index in [1.165, 1.54) is 4.88 Å². The zero-order chi connectivity index (χ0) is 6.69. The maximum absolute atomic E-state index is 3.46. The second-order valence-electron chi connectivity index (χ2n) is 1.63. The first-order chi connectivity index (χ1) is 4.38. The molecule has 0 bridgehead atoms. The van der Waals surface area contributed by atoms with Crippen LogP contribution < -0.4 is 0 Å². The summed E-state index contributed by atoms with van der Waals surface area (Å²) in [6.07, 6.45) is 0. The van der Waals surface area contributed by atoms with Crippen molar-refractivity contribution in [1.82, 2.24) is 0 Å². The first-order valence-corrected chi connectivity index (χ1v) is 6.27. The standard InChI is InChI=1S/C6H7Br2S/c7-4-6-2-1-3-9(6)5-8/h1-3H,4-5H2/q+1. The molecule has 9 heavy (non-hydrogen) atoms. The van der Waals surface area contributed by atoms with E-state index in [9.17, 15) is 0 Å². The zero-order valence-electron chi connectivity index (χ0n) is 4.81. The number of halogens is 2. The van der Waals surface area contributed by atoms with Crippen molar-refractivity contribution in [3.05, 3.63) is 22.4 Å². The summed E-state index contributed by atoms with van der Waals surface area (Å²) in [5.41, 5.74) is 0. The lowest BCUT2D eigenvalue weighted by Crippen LogP contribution is -1.66. The Hall–Kier alpha value is 0.660. The summed E-state index contributed by atoms with van der Waals surface area (Å²) in [5, 5.41) is 3.25. The molecule has 0 nitrogen and oxygen atoms in total. The van der Waals surface area contributed by atoms with E-state index in [1.54, 1.807) is 0 Å². The zero-order valence-corrected chi connectivity index (χ0v) is 8.80. The summed E-state index contributed by atoms with van der Waals surface area (Å²) in [6, 6.07) is 4.31. The molecule has 0 fully saturated rings. The molecule has 0 aromatic carbocycles. The van der Waals surface area contributed by atoms with E-state index < -0.39 is 0 Å². The lowest BCUT2D eigenvalue weighted by atomic mass is 10.5. The Morgan fingerprint density at radius 2 is 2.22 bits per heavy atom. The van der Waals surface area contributed by atoms with Crippen LogP contribution in [0.4, 0.5) is 0 Å². The first-order valence-electron chi connectivity index (χ1n) is 2.57. The summed E-state index contributed by atoms with van der Waals surface area (Å²) < 4.78 is 1.07. The molecule has 0 amide bonds. The molecule has 0 radical (unpaired) electrons. The Labute approximate surface area is 74.5 Å². The van der Waals surface area contributed by atoms with Crippen LogP contribution in [0.25, 0.3) is 0 Å². The van der Waals surface area contributed by atoms with Gasteiger partial charge in [-0.2, -0.15) is 0 Å². The van der Waals surface area contributed by atoms with E-state index in [1.807, 2.05) is 0 Å². The molecule has 1 atom stereocenters. The fraction of sp³-hybridized carbons (Fsp3) is 0.333. The second-order valence-corrected chi connectivity index (χ2v) is 5.44. The third-order valence-electron chi connectivity index (χ3n) is 1.11. The average Bonchev–Trinajstić information content (AvgIpc) is 2.33. The van der Waals surface area contributed by atoms with Crippen molar-refractivity contribution in [2.45, 2.75) is 9.99 Å². The maximum atomic E-state index is 3.46. The molecule has 0 N–H and O–H groups in total. The van der Waals surface area contributed by atoms with Crippen LogP contribution in [0.15, 0.2) is 17.5 Å². The molecular formula is C6H7Br2S+. The molecule has 1 heterocycles. The van der Waals surface area contributed by atoms with Gasteiger partial charge in [0.15, 0.2) is 9.54 Å². The molecule has 0 saturated heterocycles. The van der Waals surface area contributed by atoms with Gasteiger partial charge in [0.1, 0.15) is 5.38 Å². The van der Waals surface area contributed by atoms with Crippen molar-refractivity contribution in [2.75, 3.05) is 0 Å². The van der Waals surface area contributed by atoms with Gasteiger partial charge in [0.25, 0.3) is 0 Å². The first kappa shape index (κ1) is 7.76. The fourth-order valence-electron chi connectivity index (χ4n) is 0.637. The molecule has 1 rings (SSSR count). The fourth-order valence-corrected chi connectivity index (χ4v) is 4.10. The number of alkyl halides is 2. The Morgan fingerprint density at radius 3 is 2.67 bits per heavy atom. The predicted octanol–water partition coefficient (Wildman–Crippen LogP) is 3.68. The van der Waals surface area contributed by atoms with Crippen LogP contribution in [-0.2, 0) is 9.99 Å². The van der Waals surface area contributed by atoms with Crippen LogP contribution >= 0.6 is 42.3 Å². The van der Waals surface area contributed by atoms with Gasteiger partial charge in [-0.05, 0) is 38.5 Å². The third kappa shape index (κ3) is 1.79. The van der Waals surface area contributed by atoms with E-state index in [0.29, 0.717) is 10.5 Å². The molecular weight excluding hydrogens is 264 g/mol. The highest BCUT2D eigenvalue weighted by molar-refractivity contribution is 9.09. The van der Waals surface area contributed by atoms with Gasteiger partial charge in [-0.15, -0.1) is 0 Å². The van der Waals surface area contributed by atoms with E-state index in [0.717, 1.165) is 9.99 Å². The third-order valence-corrected chi connectivity index (χ3v) is 5.24. The minimum Gasteiger partial charge on any atom is -0.0823 e. The quantitative estimate of drug-likeness (QED) is 0.568. The SMILES string of the molecule is BrCc1ccc[s+]1CBr. The normalized spacial score (nSPS) is 12.0. The highest BCUT2D eigenvalue weighted by Crippen LogP contribution is 2.29. The number of hydrogen-bond donors (Lipinski definition) is 0. The van der Waals surface area contributed by atoms with Crippen LogP contribution in [0.3, 0.4) is 0 Å². The van der Waals surface area contributed by atoms with Crippen molar-refractivity contribution in [2.24, 2.45) is 0 Å². The molecule has 1 aromatic rings. The molecule has 50 valence electrons. The van der Waals surface area contributed by atoms with Crippen LogP contribution in [0, 0.1) is 0 Å². The van der Waals surface area contributed by atoms with Gasteiger partial charge in [0.2, 0.25) is 0 Å². The van der Waals surface area contributed by atoms with Gasteiger partial charge < -0.3 is 0 Å². The minimum absolute atomic E-state index is 0.378.